The topological polar surface area (TPSA) is 77.2 Å². The molecule has 0 spiro atoms. The molecule has 3 rings (SSSR count). The molecule has 1 atom stereocenters. The smallest absolute Gasteiger partial charge is 0.471 e. The lowest BCUT2D eigenvalue weighted by Crippen LogP contribution is -2.33. The van der Waals surface area contributed by atoms with E-state index in [1.807, 2.05) is 0 Å². The van der Waals surface area contributed by atoms with Gasteiger partial charge in [0.25, 0.3) is 5.91 Å². The van der Waals surface area contributed by atoms with Crippen LogP contribution in [0.4, 0.5) is 13.2 Å². The standard InChI is InChI=1S/C13H10F3N3O3/c1-6-11(20)17-5-8-3-2-7(4-9(8)21-6)10-18-12(22-19-10)13(14,15)16/h2-4,6H,5H2,1H3,(H,17,20). The number of nitrogens with zero attached hydrogens (tertiary/aromatic N) is 2. The normalized spacial score (nSPS) is 18.2. The summed E-state index contributed by atoms with van der Waals surface area (Å²) in [6, 6.07) is 4.65. The van der Waals surface area contributed by atoms with Gasteiger partial charge >= 0.3 is 12.1 Å². The average Bonchev–Trinajstić information content (AvgIpc) is 2.90. The summed E-state index contributed by atoms with van der Waals surface area (Å²) in [5.41, 5.74) is 1.01. The minimum atomic E-state index is -4.70. The summed E-state index contributed by atoms with van der Waals surface area (Å²) in [6.45, 7) is 1.85. The molecule has 2 heterocycles. The molecule has 0 saturated carbocycles. The number of aromatic nitrogens is 2. The number of rotatable bonds is 1. The van der Waals surface area contributed by atoms with Gasteiger partial charge in [0, 0.05) is 17.7 Å². The molecule has 116 valence electrons. The van der Waals surface area contributed by atoms with Crippen molar-refractivity contribution in [1.29, 1.82) is 0 Å². The van der Waals surface area contributed by atoms with Gasteiger partial charge in [-0.3, -0.25) is 4.79 Å². The van der Waals surface area contributed by atoms with Crippen molar-refractivity contribution < 1.29 is 27.2 Å². The van der Waals surface area contributed by atoms with Crippen molar-refractivity contribution in [3.05, 3.63) is 29.7 Å². The molecule has 1 unspecified atom stereocenters. The predicted octanol–water partition coefficient (Wildman–Crippen LogP) is 2.15. The lowest BCUT2D eigenvalue weighted by atomic mass is 10.1. The van der Waals surface area contributed by atoms with E-state index in [9.17, 15) is 18.0 Å². The third-order valence-electron chi connectivity index (χ3n) is 3.12. The van der Waals surface area contributed by atoms with Gasteiger partial charge in [-0.05, 0) is 13.0 Å². The van der Waals surface area contributed by atoms with E-state index < -0.39 is 18.2 Å². The quantitative estimate of drug-likeness (QED) is 0.873. The molecule has 22 heavy (non-hydrogen) atoms. The maximum Gasteiger partial charge on any atom is 0.471 e. The summed E-state index contributed by atoms with van der Waals surface area (Å²) in [5.74, 6) is -1.49. The molecule has 9 heteroatoms. The van der Waals surface area contributed by atoms with Crippen molar-refractivity contribution >= 4 is 5.91 Å². The van der Waals surface area contributed by atoms with Crippen LogP contribution in [-0.2, 0) is 17.5 Å². The van der Waals surface area contributed by atoms with Crippen molar-refractivity contribution in [2.24, 2.45) is 0 Å². The molecule has 6 nitrogen and oxygen atoms in total. The number of hydrogen-bond acceptors (Lipinski definition) is 5. The van der Waals surface area contributed by atoms with Crippen LogP contribution in [0.3, 0.4) is 0 Å². The Balaban J connectivity index is 1.95. The lowest BCUT2D eigenvalue weighted by molar-refractivity contribution is -0.159. The van der Waals surface area contributed by atoms with E-state index in [2.05, 4.69) is 20.0 Å². The maximum absolute atomic E-state index is 12.5. The van der Waals surface area contributed by atoms with E-state index in [1.54, 1.807) is 13.0 Å². The van der Waals surface area contributed by atoms with E-state index in [-0.39, 0.29) is 18.3 Å². The Bertz CT molecular complexity index is 727. The van der Waals surface area contributed by atoms with E-state index in [0.29, 0.717) is 16.9 Å². The monoisotopic (exact) mass is 313 g/mol. The highest BCUT2D eigenvalue weighted by atomic mass is 19.4. The highest BCUT2D eigenvalue weighted by Crippen LogP contribution is 2.31. The second-order valence-corrected chi connectivity index (χ2v) is 4.72. The van der Waals surface area contributed by atoms with Crippen LogP contribution in [0.5, 0.6) is 5.75 Å². The molecule has 0 bridgehead atoms. The van der Waals surface area contributed by atoms with Crippen LogP contribution in [0.2, 0.25) is 0 Å². The van der Waals surface area contributed by atoms with Gasteiger partial charge in [-0.25, -0.2) is 0 Å². The van der Waals surface area contributed by atoms with Gasteiger partial charge < -0.3 is 14.6 Å². The molecule has 1 aromatic carbocycles. The number of benzene rings is 1. The van der Waals surface area contributed by atoms with Gasteiger partial charge in [-0.15, -0.1) is 0 Å². The molecular weight excluding hydrogens is 303 g/mol. The summed E-state index contributed by atoms with van der Waals surface area (Å²) < 4.78 is 47.1. The van der Waals surface area contributed by atoms with Gasteiger partial charge in [-0.1, -0.05) is 17.3 Å². The summed E-state index contributed by atoms with van der Waals surface area (Å²) in [5, 5.41) is 5.99. The van der Waals surface area contributed by atoms with Gasteiger partial charge in [0.2, 0.25) is 5.82 Å². The molecule has 1 aliphatic rings. The number of carbonyl (C=O) groups is 1. The molecular formula is C13H10F3N3O3. The number of fused-ring (bicyclic) bond motifs is 1. The number of amides is 1. The Hall–Kier alpha value is -2.58. The Morgan fingerprint density at radius 3 is 2.82 bits per heavy atom. The van der Waals surface area contributed by atoms with Gasteiger partial charge in [0.1, 0.15) is 5.75 Å². The SMILES string of the molecule is CC1Oc2cc(-c3noc(C(F)(F)F)n3)ccc2CNC1=O. The summed E-state index contributed by atoms with van der Waals surface area (Å²) in [6.07, 6.45) is -5.40. The first-order valence-electron chi connectivity index (χ1n) is 6.33. The van der Waals surface area contributed by atoms with Crippen LogP contribution >= 0.6 is 0 Å². The third kappa shape index (κ3) is 2.61. The summed E-state index contributed by atoms with van der Waals surface area (Å²) in [4.78, 5) is 14.9. The Kier molecular flexibility index (Phi) is 3.27. The van der Waals surface area contributed by atoms with E-state index in [4.69, 9.17) is 4.74 Å². The van der Waals surface area contributed by atoms with Crippen LogP contribution in [0, 0.1) is 0 Å². The average molecular weight is 313 g/mol. The lowest BCUT2D eigenvalue weighted by Gasteiger charge is -2.11. The second-order valence-electron chi connectivity index (χ2n) is 4.72. The molecule has 1 N–H and O–H groups in total. The van der Waals surface area contributed by atoms with Crippen molar-refractivity contribution in [2.75, 3.05) is 0 Å². The fourth-order valence-electron chi connectivity index (χ4n) is 1.98. The largest absolute Gasteiger partial charge is 0.481 e. The third-order valence-corrected chi connectivity index (χ3v) is 3.12. The molecule has 0 aliphatic carbocycles. The number of alkyl halides is 3. The number of hydrogen-bond donors (Lipinski definition) is 1. The first-order valence-corrected chi connectivity index (χ1v) is 6.33. The zero-order valence-electron chi connectivity index (χ0n) is 11.3. The van der Waals surface area contributed by atoms with E-state index in [1.165, 1.54) is 12.1 Å². The van der Waals surface area contributed by atoms with Gasteiger partial charge in [0.05, 0.1) is 0 Å². The molecule has 0 saturated heterocycles. The van der Waals surface area contributed by atoms with Crippen molar-refractivity contribution in [2.45, 2.75) is 25.7 Å². The fraction of sp³-hybridized carbons (Fsp3) is 0.308. The van der Waals surface area contributed by atoms with Gasteiger partial charge in [0.15, 0.2) is 6.10 Å². The Morgan fingerprint density at radius 2 is 2.14 bits per heavy atom. The Morgan fingerprint density at radius 1 is 1.36 bits per heavy atom. The predicted molar refractivity (Wildman–Crippen MR) is 66.7 cm³/mol. The molecule has 1 aromatic heterocycles. The number of carbonyl (C=O) groups excluding carboxylic acids is 1. The molecule has 0 fully saturated rings. The Labute approximate surface area is 122 Å². The molecule has 2 aromatic rings. The van der Waals surface area contributed by atoms with Crippen LogP contribution in [0.25, 0.3) is 11.4 Å². The number of ether oxygens (including phenoxy) is 1. The van der Waals surface area contributed by atoms with Crippen LogP contribution in [-0.4, -0.2) is 22.2 Å². The first kappa shape index (κ1) is 14.4. The zero-order chi connectivity index (χ0) is 15.9. The van der Waals surface area contributed by atoms with E-state index in [0.717, 1.165) is 0 Å². The number of halogens is 3. The minimum absolute atomic E-state index is 0.199. The van der Waals surface area contributed by atoms with Crippen LogP contribution in [0.15, 0.2) is 22.7 Å². The highest BCUT2D eigenvalue weighted by Gasteiger charge is 2.38. The minimum Gasteiger partial charge on any atom is -0.481 e. The summed E-state index contributed by atoms with van der Waals surface area (Å²) >= 11 is 0. The highest BCUT2D eigenvalue weighted by molar-refractivity contribution is 5.81. The second kappa shape index (κ2) is 5.00. The maximum atomic E-state index is 12.5. The number of nitrogens with one attached hydrogen (secondary N) is 1. The zero-order valence-corrected chi connectivity index (χ0v) is 11.3. The first-order chi connectivity index (χ1) is 10.3. The van der Waals surface area contributed by atoms with Crippen LogP contribution < -0.4 is 10.1 Å². The summed E-state index contributed by atoms with van der Waals surface area (Å²) in [7, 11) is 0. The molecule has 0 radical (unpaired) electrons. The molecule has 1 amide bonds. The van der Waals surface area contributed by atoms with Crippen molar-refractivity contribution in [3.8, 4) is 17.1 Å². The fourth-order valence-corrected chi connectivity index (χ4v) is 1.98. The van der Waals surface area contributed by atoms with Crippen molar-refractivity contribution in [1.82, 2.24) is 15.5 Å². The molecule has 1 aliphatic heterocycles. The van der Waals surface area contributed by atoms with Crippen molar-refractivity contribution in [3.63, 3.8) is 0 Å². The van der Waals surface area contributed by atoms with E-state index >= 15 is 0 Å². The van der Waals surface area contributed by atoms with Gasteiger partial charge in [-0.2, -0.15) is 18.2 Å². The van der Waals surface area contributed by atoms with Crippen LogP contribution in [0.1, 0.15) is 18.4 Å².